The molecule has 0 fully saturated rings. The number of benzene rings is 1. The highest BCUT2D eigenvalue weighted by Gasteiger charge is 2.16. The minimum atomic E-state index is 0.669. The van der Waals surface area contributed by atoms with Crippen molar-refractivity contribution >= 4 is 22.8 Å². The van der Waals surface area contributed by atoms with Crippen molar-refractivity contribution in [3.8, 4) is 0 Å². The Morgan fingerprint density at radius 3 is 1.43 bits per heavy atom. The number of hydrogen-bond acceptors (Lipinski definition) is 4. The summed E-state index contributed by atoms with van der Waals surface area (Å²) in [6.07, 6.45) is 7.83. The first kappa shape index (κ1) is 13.5. The van der Waals surface area contributed by atoms with Crippen LogP contribution >= 0.6 is 0 Å². The van der Waals surface area contributed by atoms with Crippen LogP contribution in [0.15, 0.2) is 83.3 Å². The predicted molar refractivity (Wildman–Crippen MR) is 91.9 cm³/mol. The normalized spacial score (nSPS) is 13.6. The summed E-state index contributed by atoms with van der Waals surface area (Å²) in [7, 11) is 0. The fourth-order valence-corrected chi connectivity index (χ4v) is 2.60. The van der Waals surface area contributed by atoms with Gasteiger partial charge in [0.1, 0.15) is 0 Å². The summed E-state index contributed by atoms with van der Waals surface area (Å²) < 4.78 is 0. The van der Waals surface area contributed by atoms with Crippen LogP contribution in [0.4, 0.5) is 11.4 Å². The van der Waals surface area contributed by atoms with Crippen LogP contribution in [0, 0.1) is 0 Å². The van der Waals surface area contributed by atoms with Crippen molar-refractivity contribution in [3.63, 3.8) is 0 Å². The van der Waals surface area contributed by atoms with E-state index in [9.17, 15) is 0 Å². The Hall–Kier alpha value is -3.14. The van der Waals surface area contributed by atoms with E-state index in [0.29, 0.717) is 6.42 Å². The lowest BCUT2D eigenvalue weighted by Gasteiger charge is -2.07. The molecule has 3 aromatic rings. The van der Waals surface area contributed by atoms with Gasteiger partial charge < -0.3 is 0 Å². The molecule has 4 rings (SSSR count). The molecule has 0 atom stereocenters. The summed E-state index contributed by atoms with van der Waals surface area (Å²) in [6.45, 7) is 0. The zero-order valence-electron chi connectivity index (χ0n) is 12.4. The lowest BCUT2D eigenvalue weighted by Crippen LogP contribution is -2.09. The molecule has 4 heteroatoms. The Bertz CT molecular complexity index is 809. The predicted octanol–water partition coefficient (Wildman–Crippen LogP) is 4.12. The van der Waals surface area contributed by atoms with Crippen LogP contribution in [0.25, 0.3) is 0 Å². The van der Waals surface area contributed by atoms with Gasteiger partial charge in [-0.25, -0.2) is 0 Å². The molecular formula is C19H14N4. The lowest BCUT2D eigenvalue weighted by molar-refractivity contribution is 1.30. The minimum Gasteiger partial charge on any atom is -0.265 e. The maximum absolute atomic E-state index is 4.84. The van der Waals surface area contributed by atoms with E-state index in [1.807, 2.05) is 48.5 Å². The highest BCUT2D eigenvalue weighted by Crippen LogP contribution is 2.32. The van der Waals surface area contributed by atoms with Crippen LogP contribution in [-0.4, -0.2) is 21.4 Å². The van der Waals surface area contributed by atoms with E-state index in [1.54, 1.807) is 24.8 Å². The number of nitrogens with zero attached hydrogens (tertiary/aromatic N) is 4. The molecule has 1 aromatic carbocycles. The van der Waals surface area contributed by atoms with Gasteiger partial charge in [-0.15, -0.1) is 0 Å². The number of pyridine rings is 2. The molecular weight excluding hydrogens is 284 g/mol. The van der Waals surface area contributed by atoms with E-state index in [1.165, 1.54) is 0 Å². The second-order valence-electron chi connectivity index (χ2n) is 5.25. The molecule has 110 valence electrons. The molecule has 0 saturated heterocycles. The van der Waals surface area contributed by atoms with Crippen molar-refractivity contribution in [3.05, 3.63) is 84.4 Å². The van der Waals surface area contributed by atoms with E-state index < -0.39 is 0 Å². The fourth-order valence-electron chi connectivity index (χ4n) is 2.60. The van der Waals surface area contributed by atoms with Gasteiger partial charge in [0, 0.05) is 31.2 Å². The molecule has 0 N–H and O–H groups in total. The first-order chi connectivity index (χ1) is 11.4. The van der Waals surface area contributed by atoms with Gasteiger partial charge in [0.15, 0.2) is 0 Å². The van der Waals surface area contributed by atoms with Crippen molar-refractivity contribution in [2.45, 2.75) is 6.42 Å². The average Bonchev–Trinajstić information content (AvgIpc) is 2.83. The van der Waals surface area contributed by atoms with Crippen LogP contribution in [0.2, 0.25) is 0 Å². The summed E-state index contributed by atoms with van der Waals surface area (Å²) in [5.74, 6) is 0. The summed E-state index contributed by atoms with van der Waals surface area (Å²) in [4.78, 5) is 17.9. The second-order valence-corrected chi connectivity index (χ2v) is 5.25. The largest absolute Gasteiger partial charge is 0.265 e. The molecule has 0 spiro atoms. The topological polar surface area (TPSA) is 50.5 Å². The zero-order valence-corrected chi connectivity index (χ0v) is 12.4. The monoisotopic (exact) mass is 298 g/mol. The first-order valence-electron chi connectivity index (χ1n) is 7.45. The Labute approximate surface area is 134 Å². The molecule has 3 heterocycles. The van der Waals surface area contributed by atoms with Crippen molar-refractivity contribution in [2.24, 2.45) is 9.98 Å². The smallest absolute Gasteiger partial charge is 0.0889 e. The summed E-state index contributed by atoms with van der Waals surface area (Å²) >= 11 is 0. The van der Waals surface area contributed by atoms with Gasteiger partial charge in [0.05, 0.1) is 22.8 Å². The lowest BCUT2D eigenvalue weighted by atomic mass is 10.0. The number of hydrogen-bond donors (Lipinski definition) is 0. The summed E-state index contributed by atoms with van der Waals surface area (Å²) in [6, 6.07) is 15.9. The molecule has 0 aliphatic carbocycles. The Morgan fingerprint density at radius 2 is 1.00 bits per heavy atom. The Balaban J connectivity index is 1.87. The fraction of sp³-hybridized carbons (Fsp3) is 0.0526. The average molecular weight is 298 g/mol. The SMILES string of the molecule is c1ccc2c(c1)N=C(c1ccncc1)CC(c1ccncc1)=N2. The third-order valence-corrected chi connectivity index (χ3v) is 3.75. The molecule has 0 saturated carbocycles. The van der Waals surface area contributed by atoms with E-state index in [2.05, 4.69) is 9.97 Å². The number of para-hydroxylation sites is 2. The standard InChI is InChI=1S/C19H14N4/c1-2-4-17-16(3-1)22-18(14-5-9-20-10-6-14)13-19(23-17)15-7-11-21-12-8-15/h1-12H,13H2. The molecule has 0 bridgehead atoms. The van der Waals surface area contributed by atoms with E-state index >= 15 is 0 Å². The van der Waals surface area contributed by atoms with Gasteiger partial charge in [0.2, 0.25) is 0 Å². The number of rotatable bonds is 2. The molecule has 23 heavy (non-hydrogen) atoms. The molecule has 2 aromatic heterocycles. The van der Waals surface area contributed by atoms with Crippen molar-refractivity contribution in [1.29, 1.82) is 0 Å². The molecule has 1 aliphatic heterocycles. The maximum Gasteiger partial charge on any atom is 0.0889 e. The maximum atomic E-state index is 4.84. The summed E-state index contributed by atoms with van der Waals surface area (Å²) in [5.41, 5.74) is 5.91. The van der Waals surface area contributed by atoms with Gasteiger partial charge in [0.25, 0.3) is 0 Å². The Morgan fingerprint density at radius 1 is 0.565 bits per heavy atom. The quantitative estimate of drug-likeness (QED) is 0.714. The highest BCUT2D eigenvalue weighted by atomic mass is 14.9. The minimum absolute atomic E-state index is 0.669. The Kier molecular flexibility index (Phi) is 3.48. The van der Waals surface area contributed by atoms with Crippen LogP contribution < -0.4 is 0 Å². The van der Waals surface area contributed by atoms with Crippen LogP contribution in [0.3, 0.4) is 0 Å². The third kappa shape index (κ3) is 2.79. The number of aromatic nitrogens is 2. The molecule has 4 nitrogen and oxygen atoms in total. The molecule has 1 aliphatic rings. The highest BCUT2D eigenvalue weighted by molar-refractivity contribution is 6.20. The summed E-state index contributed by atoms with van der Waals surface area (Å²) in [5, 5.41) is 0. The van der Waals surface area contributed by atoms with Crippen LogP contribution in [0.1, 0.15) is 17.5 Å². The zero-order chi connectivity index (χ0) is 15.5. The van der Waals surface area contributed by atoms with Crippen molar-refractivity contribution < 1.29 is 0 Å². The van der Waals surface area contributed by atoms with Crippen molar-refractivity contribution in [1.82, 2.24) is 9.97 Å². The van der Waals surface area contributed by atoms with Crippen molar-refractivity contribution in [2.75, 3.05) is 0 Å². The van der Waals surface area contributed by atoms with Gasteiger partial charge in [-0.2, -0.15) is 0 Å². The van der Waals surface area contributed by atoms with E-state index in [4.69, 9.17) is 9.98 Å². The van der Waals surface area contributed by atoms with Gasteiger partial charge in [-0.1, -0.05) is 12.1 Å². The second kappa shape index (κ2) is 5.93. The van der Waals surface area contributed by atoms with Gasteiger partial charge in [-0.05, 0) is 47.5 Å². The molecule has 0 unspecified atom stereocenters. The van der Waals surface area contributed by atoms with E-state index in [0.717, 1.165) is 33.9 Å². The first-order valence-corrected chi connectivity index (χ1v) is 7.45. The number of aliphatic imine (C=N–C) groups is 2. The van der Waals surface area contributed by atoms with Crippen LogP contribution in [-0.2, 0) is 0 Å². The van der Waals surface area contributed by atoms with Gasteiger partial charge >= 0.3 is 0 Å². The molecule has 0 radical (unpaired) electrons. The number of fused-ring (bicyclic) bond motifs is 1. The van der Waals surface area contributed by atoms with Crippen LogP contribution in [0.5, 0.6) is 0 Å². The third-order valence-electron chi connectivity index (χ3n) is 3.75. The van der Waals surface area contributed by atoms with Gasteiger partial charge in [-0.3, -0.25) is 20.0 Å². The van der Waals surface area contributed by atoms with E-state index in [-0.39, 0.29) is 0 Å². The molecule has 0 amide bonds.